The van der Waals surface area contributed by atoms with Crippen LogP contribution in [0.15, 0.2) is 30.3 Å². The predicted molar refractivity (Wildman–Crippen MR) is 76.3 cm³/mol. The third-order valence-corrected chi connectivity index (χ3v) is 2.98. The van der Waals surface area contributed by atoms with Crippen LogP contribution in [0, 0.1) is 27.7 Å². The molecule has 0 aliphatic carbocycles. The summed E-state index contributed by atoms with van der Waals surface area (Å²) in [4.78, 5) is 0. The fourth-order valence-electron chi connectivity index (χ4n) is 2.20. The van der Waals surface area contributed by atoms with Crippen molar-refractivity contribution in [3.05, 3.63) is 52.6 Å². The molecule has 2 aromatic carbocycles. The molecule has 2 aromatic rings. The first-order chi connectivity index (χ1) is 8.47. The number of aryl methyl sites for hydroxylation is 4. The average molecular weight is 241 g/mol. The number of anilines is 1. The molecular formula is C16H19NO. The van der Waals surface area contributed by atoms with E-state index in [1.165, 1.54) is 5.56 Å². The van der Waals surface area contributed by atoms with E-state index in [0.717, 1.165) is 28.2 Å². The Morgan fingerprint density at radius 3 is 2.00 bits per heavy atom. The fraction of sp³-hybridized carbons (Fsp3) is 0.250. The van der Waals surface area contributed by atoms with Crippen molar-refractivity contribution in [3.63, 3.8) is 0 Å². The van der Waals surface area contributed by atoms with Crippen molar-refractivity contribution in [2.24, 2.45) is 0 Å². The summed E-state index contributed by atoms with van der Waals surface area (Å²) in [5.74, 6) is 1.62. The van der Waals surface area contributed by atoms with Gasteiger partial charge in [-0.15, -0.1) is 0 Å². The first-order valence-corrected chi connectivity index (χ1v) is 6.09. The largest absolute Gasteiger partial charge is 0.455 e. The van der Waals surface area contributed by atoms with Gasteiger partial charge < -0.3 is 10.5 Å². The second kappa shape index (κ2) is 4.73. The molecule has 0 fully saturated rings. The minimum Gasteiger partial charge on any atom is -0.455 e. The monoisotopic (exact) mass is 241 g/mol. The Bertz CT molecular complexity index is 565. The third-order valence-electron chi connectivity index (χ3n) is 2.98. The van der Waals surface area contributed by atoms with Crippen molar-refractivity contribution >= 4 is 5.69 Å². The summed E-state index contributed by atoms with van der Waals surface area (Å²) >= 11 is 0. The lowest BCUT2D eigenvalue weighted by Gasteiger charge is -2.14. The highest BCUT2D eigenvalue weighted by Crippen LogP contribution is 2.33. The maximum absolute atomic E-state index is 5.97. The van der Waals surface area contributed by atoms with Crippen molar-refractivity contribution in [1.82, 2.24) is 0 Å². The molecule has 0 unspecified atom stereocenters. The molecule has 2 nitrogen and oxygen atoms in total. The summed E-state index contributed by atoms with van der Waals surface area (Å²) in [7, 11) is 0. The van der Waals surface area contributed by atoms with Gasteiger partial charge in [-0.1, -0.05) is 23.8 Å². The summed E-state index contributed by atoms with van der Waals surface area (Å²) < 4.78 is 5.96. The number of nitrogen functional groups attached to an aromatic ring is 1. The van der Waals surface area contributed by atoms with Crippen LogP contribution in [0.5, 0.6) is 11.5 Å². The standard InChI is InChI=1S/C16H19NO/c1-10-5-6-15(14(17)9-10)18-16-12(3)7-11(2)8-13(16)4/h5-9H,17H2,1-4H3. The molecule has 0 radical (unpaired) electrons. The van der Waals surface area contributed by atoms with Gasteiger partial charge in [0.1, 0.15) is 11.5 Å². The predicted octanol–water partition coefficient (Wildman–Crippen LogP) is 4.29. The van der Waals surface area contributed by atoms with Crippen LogP contribution >= 0.6 is 0 Å². The van der Waals surface area contributed by atoms with Crippen LogP contribution in [-0.4, -0.2) is 0 Å². The molecule has 18 heavy (non-hydrogen) atoms. The van der Waals surface area contributed by atoms with Crippen LogP contribution in [0.4, 0.5) is 5.69 Å². The maximum Gasteiger partial charge on any atom is 0.150 e. The van der Waals surface area contributed by atoms with Crippen molar-refractivity contribution in [2.45, 2.75) is 27.7 Å². The van der Waals surface area contributed by atoms with Crippen molar-refractivity contribution in [3.8, 4) is 11.5 Å². The van der Waals surface area contributed by atoms with E-state index in [-0.39, 0.29) is 0 Å². The number of nitrogens with two attached hydrogens (primary N) is 1. The Morgan fingerprint density at radius 1 is 0.833 bits per heavy atom. The van der Waals surface area contributed by atoms with E-state index in [2.05, 4.69) is 32.9 Å². The molecule has 0 bridgehead atoms. The zero-order chi connectivity index (χ0) is 13.3. The molecule has 0 amide bonds. The maximum atomic E-state index is 5.97. The normalized spacial score (nSPS) is 10.4. The Kier molecular flexibility index (Phi) is 3.28. The molecule has 0 spiro atoms. The van der Waals surface area contributed by atoms with Gasteiger partial charge in [-0.3, -0.25) is 0 Å². The molecule has 0 saturated heterocycles. The smallest absolute Gasteiger partial charge is 0.150 e. The van der Waals surface area contributed by atoms with Crippen molar-refractivity contribution in [1.29, 1.82) is 0 Å². The lowest BCUT2D eigenvalue weighted by Crippen LogP contribution is -1.96. The van der Waals surface area contributed by atoms with Gasteiger partial charge in [-0.25, -0.2) is 0 Å². The van der Waals surface area contributed by atoms with Gasteiger partial charge in [0.2, 0.25) is 0 Å². The second-order valence-corrected chi connectivity index (χ2v) is 4.87. The molecule has 2 heteroatoms. The Morgan fingerprint density at radius 2 is 1.44 bits per heavy atom. The highest BCUT2D eigenvalue weighted by atomic mass is 16.5. The first-order valence-electron chi connectivity index (χ1n) is 6.09. The van der Waals surface area contributed by atoms with Crippen molar-refractivity contribution < 1.29 is 4.74 Å². The second-order valence-electron chi connectivity index (χ2n) is 4.87. The van der Waals surface area contributed by atoms with Gasteiger partial charge in [-0.2, -0.15) is 0 Å². The minimum absolute atomic E-state index is 0.675. The molecule has 0 aliphatic rings. The molecule has 0 saturated carbocycles. The number of ether oxygens (including phenoxy) is 1. The minimum atomic E-state index is 0.675. The van der Waals surface area contributed by atoms with Gasteiger partial charge in [0.15, 0.2) is 0 Å². The lowest BCUT2D eigenvalue weighted by atomic mass is 10.1. The van der Waals surface area contributed by atoms with E-state index in [1.54, 1.807) is 0 Å². The van der Waals surface area contributed by atoms with Crippen LogP contribution in [0.1, 0.15) is 22.3 Å². The van der Waals surface area contributed by atoms with Crippen LogP contribution in [0.3, 0.4) is 0 Å². The SMILES string of the molecule is Cc1cc(C)c(Oc2ccc(C)cc2N)c(C)c1. The van der Waals surface area contributed by atoms with E-state index in [0.29, 0.717) is 5.69 Å². The van der Waals surface area contributed by atoms with E-state index in [1.807, 2.05) is 25.1 Å². The summed E-state index contributed by atoms with van der Waals surface area (Å²) in [5, 5.41) is 0. The number of hydrogen-bond acceptors (Lipinski definition) is 2. The van der Waals surface area contributed by atoms with E-state index < -0.39 is 0 Å². The summed E-state index contributed by atoms with van der Waals surface area (Å²) in [5.41, 5.74) is 11.3. The van der Waals surface area contributed by atoms with Crippen molar-refractivity contribution in [2.75, 3.05) is 5.73 Å². The van der Waals surface area contributed by atoms with Crippen LogP contribution in [-0.2, 0) is 0 Å². The molecule has 0 aromatic heterocycles. The lowest BCUT2D eigenvalue weighted by molar-refractivity contribution is 0.477. The Balaban J connectivity index is 2.40. The number of rotatable bonds is 2. The van der Waals surface area contributed by atoms with Crippen LogP contribution < -0.4 is 10.5 Å². The molecule has 0 aliphatic heterocycles. The Hall–Kier alpha value is -1.96. The summed E-state index contributed by atoms with van der Waals surface area (Å²) in [6, 6.07) is 10.1. The third kappa shape index (κ3) is 2.48. The number of benzene rings is 2. The highest BCUT2D eigenvalue weighted by molar-refractivity contribution is 5.57. The highest BCUT2D eigenvalue weighted by Gasteiger charge is 2.08. The van der Waals surface area contributed by atoms with E-state index >= 15 is 0 Å². The first kappa shape index (κ1) is 12.5. The topological polar surface area (TPSA) is 35.2 Å². The summed E-state index contributed by atoms with van der Waals surface area (Å²) in [6.45, 7) is 8.21. The average Bonchev–Trinajstić information content (AvgIpc) is 2.25. The zero-order valence-corrected chi connectivity index (χ0v) is 11.4. The van der Waals surface area contributed by atoms with Gasteiger partial charge in [0.25, 0.3) is 0 Å². The van der Waals surface area contributed by atoms with Gasteiger partial charge in [-0.05, 0) is 56.5 Å². The fourth-order valence-corrected chi connectivity index (χ4v) is 2.20. The quantitative estimate of drug-likeness (QED) is 0.796. The van der Waals surface area contributed by atoms with Crippen LogP contribution in [0.2, 0.25) is 0 Å². The molecular weight excluding hydrogens is 222 g/mol. The summed E-state index contributed by atoms with van der Waals surface area (Å²) in [6.07, 6.45) is 0. The zero-order valence-electron chi connectivity index (χ0n) is 11.4. The molecule has 0 atom stereocenters. The van der Waals surface area contributed by atoms with E-state index in [4.69, 9.17) is 10.5 Å². The van der Waals surface area contributed by atoms with Gasteiger partial charge >= 0.3 is 0 Å². The van der Waals surface area contributed by atoms with Gasteiger partial charge in [0.05, 0.1) is 5.69 Å². The molecule has 2 rings (SSSR count). The van der Waals surface area contributed by atoms with E-state index in [9.17, 15) is 0 Å². The Labute approximate surface area is 108 Å². The number of hydrogen-bond donors (Lipinski definition) is 1. The molecule has 94 valence electrons. The van der Waals surface area contributed by atoms with Gasteiger partial charge in [0, 0.05) is 0 Å². The molecule has 0 heterocycles. The van der Waals surface area contributed by atoms with Crippen LogP contribution in [0.25, 0.3) is 0 Å². The molecule has 2 N–H and O–H groups in total.